The van der Waals surface area contributed by atoms with Gasteiger partial charge in [-0.25, -0.2) is 0 Å². The number of hydrogen-bond acceptors (Lipinski definition) is 3. The maximum Gasteiger partial charge on any atom is 0.305 e. The predicted molar refractivity (Wildman–Crippen MR) is 68.9 cm³/mol. The summed E-state index contributed by atoms with van der Waals surface area (Å²) in [6, 6.07) is 5.08. The van der Waals surface area contributed by atoms with E-state index in [1.54, 1.807) is 24.4 Å². The Morgan fingerprint density at radius 2 is 2.11 bits per heavy atom. The third kappa shape index (κ3) is 3.04. The first-order valence-electron chi connectivity index (χ1n) is 5.84. The first-order chi connectivity index (χ1) is 9.08. The molecule has 0 fully saturated rings. The Hall–Kier alpha value is -2.50. The van der Waals surface area contributed by atoms with Crippen molar-refractivity contribution < 1.29 is 19.8 Å². The van der Waals surface area contributed by atoms with Crippen LogP contribution >= 0.6 is 0 Å². The standard InChI is InChI=1S/C13H14N2O4/c16-10-3-1-2-9-13(10)8(7-15-9)6-11(17)14-5-4-12(18)19/h1-3,7,15-16H,4-6H2,(H,14,17)(H,18,19). The summed E-state index contributed by atoms with van der Waals surface area (Å²) < 4.78 is 0. The van der Waals surface area contributed by atoms with Crippen LogP contribution in [0.5, 0.6) is 5.75 Å². The molecule has 2 rings (SSSR count). The molecule has 0 spiro atoms. The van der Waals surface area contributed by atoms with E-state index in [1.807, 2.05) is 0 Å². The molecular formula is C13H14N2O4. The molecule has 0 saturated carbocycles. The van der Waals surface area contributed by atoms with Crippen molar-refractivity contribution in [3.63, 3.8) is 0 Å². The van der Waals surface area contributed by atoms with Gasteiger partial charge >= 0.3 is 5.97 Å². The summed E-state index contributed by atoms with van der Waals surface area (Å²) in [5, 5.41) is 21.4. The summed E-state index contributed by atoms with van der Waals surface area (Å²) in [6.07, 6.45) is 1.66. The highest BCUT2D eigenvalue weighted by atomic mass is 16.4. The number of carboxylic acids is 1. The van der Waals surface area contributed by atoms with Crippen molar-refractivity contribution in [2.24, 2.45) is 0 Å². The number of aromatic hydroxyl groups is 1. The molecule has 2 aromatic rings. The van der Waals surface area contributed by atoms with Gasteiger partial charge in [-0.1, -0.05) is 6.07 Å². The van der Waals surface area contributed by atoms with Crippen molar-refractivity contribution in [3.8, 4) is 5.75 Å². The van der Waals surface area contributed by atoms with Gasteiger partial charge < -0.3 is 20.5 Å². The van der Waals surface area contributed by atoms with Crippen LogP contribution in [0.1, 0.15) is 12.0 Å². The van der Waals surface area contributed by atoms with Crippen LogP contribution in [0.4, 0.5) is 0 Å². The van der Waals surface area contributed by atoms with Crippen molar-refractivity contribution in [2.45, 2.75) is 12.8 Å². The number of H-pyrrole nitrogens is 1. The molecule has 0 aliphatic heterocycles. The van der Waals surface area contributed by atoms with E-state index >= 15 is 0 Å². The monoisotopic (exact) mass is 262 g/mol. The number of phenols is 1. The van der Waals surface area contributed by atoms with Gasteiger partial charge in [0.15, 0.2) is 0 Å². The molecule has 4 N–H and O–H groups in total. The van der Waals surface area contributed by atoms with Crippen LogP contribution in [0.3, 0.4) is 0 Å². The van der Waals surface area contributed by atoms with Gasteiger partial charge in [-0.05, 0) is 17.7 Å². The predicted octanol–water partition coefficient (Wildman–Crippen LogP) is 1.01. The van der Waals surface area contributed by atoms with Gasteiger partial charge in [0.2, 0.25) is 5.91 Å². The SMILES string of the molecule is O=C(O)CCNC(=O)Cc1c[nH]c2cccc(O)c12. The van der Waals surface area contributed by atoms with Crippen molar-refractivity contribution in [2.75, 3.05) is 6.54 Å². The highest BCUT2D eigenvalue weighted by Gasteiger charge is 2.11. The topological polar surface area (TPSA) is 102 Å². The number of aromatic amines is 1. The first-order valence-corrected chi connectivity index (χ1v) is 5.84. The summed E-state index contributed by atoms with van der Waals surface area (Å²) in [5.74, 6) is -1.11. The molecule has 6 nitrogen and oxygen atoms in total. The molecule has 0 aliphatic rings. The maximum atomic E-state index is 11.6. The second-order valence-corrected chi connectivity index (χ2v) is 4.18. The number of carbonyl (C=O) groups is 2. The first kappa shape index (κ1) is 12.9. The molecular weight excluding hydrogens is 248 g/mol. The fraction of sp³-hybridized carbons (Fsp3) is 0.231. The van der Waals surface area contributed by atoms with Gasteiger partial charge in [-0.2, -0.15) is 0 Å². The van der Waals surface area contributed by atoms with E-state index in [0.29, 0.717) is 10.9 Å². The third-order valence-electron chi connectivity index (χ3n) is 2.78. The Kier molecular flexibility index (Phi) is 3.70. The Balaban J connectivity index is 2.05. The number of carboxylic acid groups (broad SMARTS) is 1. The Morgan fingerprint density at radius 1 is 1.32 bits per heavy atom. The fourth-order valence-corrected chi connectivity index (χ4v) is 1.92. The van der Waals surface area contributed by atoms with Crippen LogP contribution in [0.15, 0.2) is 24.4 Å². The average Bonchev–Trinajstić information content (AvgIpc) is 2.73. The number of aliphatic carboxylic acids is 1. The maximum absolute atomic E-state index is 11.6. The van der Waals surface area contributed by atoms with Crippen molar-refractivity contribution in [1.29, 1.82) is 0 Å². The molecule has 1 aromatic carbocycles. The van der Waals surface area contributed by atoms with E-state index in [2.05, 4.69) is 10.3 Å². The minimum Gasteiger partial charge on any atom is -0.507 e. The molecule has 1 heterocycles. The second-order valence-electron chi connectivity index (χ2n) is 4.18. The fourth-order valence-electron chi connectivity index (χ4n) is 1.92. The number of phenolic OH excluding ortho intramolecular Hbond substituents is 1. The molecule has 100 valence electrons. The number of amides is 1. The summed E-state index contributed by atoms with van der Waals surface area (Å²) in [4.78, 5) is 24.9. The molecule has 0 atom stereocenters. The van der Waals surface area contributed by atoms with Crippen molar-refractivity contribution in [3.05, 3.63) is 30.0 Å². The number of benzene rings is 1. The zero-order valence-electron chi connectivity index (χ0n) is 10.1. The largest absolute Gasteiger partial charge is 0.507 e. The van der Waals surface area contributed by atoms with Crippen molar-refractivity contribution in [1.82, 2.24) is 10.3 Å². The average molecular weight is 262 g/mol. The van der Waals surface area contributed by atoms with Gasteiger partial charge in [0.05, 0.1) is 12.8 Å². The van der Waals surface area contributed by atoms with E-state index in [4.69, 9.17) is 5.11 Å². The highest BCUT2D eigenvalue weighted by molar-refractivity contribution is 5.92. The van der Waals surface area contributed by atoms with Gasteiger partial charge in [-0.3, -0.25) is 9.59 Å². The molecule has 0 aliphatic carbocycles. The molecule has 0 radical (unpaired) electrons. The van der Waals surface area contributed by atoms with Gasteiger partial charge in [-0.15, -0.1) is 0 Å². The van der Waals surface area contributed by atoms with E-state index in [0.717, 1.165) is 5.52 Å². The summed E-state index contributed by atoms with van der Waals surface area (Å²) in [5.41, 5.74) is 1.44. The number of fused-ring (bicyclic) bond motifs is 1. The number of rotatable bonds is 5. The molecule has 19 heavy (non-hydrogen) atoms. The van der Waals surface area contributed by atoms with E-state index in [9.17, 15) is 14.7 Å². The smallest absolute Gasteiger partial charge is 0.305 e. The van der Waals surface area contributed by atoms with Crippen LogP contribution in [0.2, 0.25) is 0 Å². The summed E-state index contributed by atoms with van der Waals surface area (Å²) >= 11 is 0. The second kappa shape index (κ2) is 5.43. The normalized spacial score (nSPS) is 10.5. The minimum atomic E-state index is -0.954. The molecule has 1 amide bonds. The molecule has 6 heteroatoms. The minimum absolute atomic E-state index is 0.0944. The number of hydrogen-bond donors (Lipinski definition) is 4. The zero-order valence-corrected chi connectivity index (χ0v) is 10.1. The Labute approximate surface area is 109 Å². The number of nitrogens with one attached hydrogen (secondary N) is 2. The van der Waals surface area contributed by atoms with Gasteiger partial charge in [0.1, 0.15) is 5.75 Å². The molecule has 0 unspecified atom stereocenters. The molecule has 0 bridgehead atoms. The summed E-state index contributed by atoms with van der Waals surface area (Å²) in [6.45, 7) is 0.0997. The van der Waals surface area contributed by atoms with Crippen LogP contribution in [0.25, 0.3) is 10.9 Å². The summed E-state index contributed by atoms with van der Waals surface area (Å²) in [7, 11) is 0. The highest BCUT2D eigenvalue weighted by Crippen LogP contribution is 2.27. The molecule has 1 aromatic heterocycles. The van der Waals surface area contributed by atoms with Gasteiger partial charge in [0.25, 0.3) is 0 Å². The third-order valence-corrected chi connectivity index (χ3v) is 2.78. The van der Waals surface area contributed by atoms with E-state index in [-0.39, 0.29) is 31.0 Å². The van der Waals surface area contributed by atoms with Crippen LogP contribution in [-0.2, 0) is 16.0 Å². The number of carbonyl (C=O) groups excluding carboxylic acids is 1. The van der Waals surface area contributed by atoms with E-state index in [1.165, 1.54) is 0 Å². The lowest BCUT2D eigenvalue weighted by atomic mass is 10.1. The van der Waals surface area contributed by atoms with Crippen LogP contribution in [0, 0.1) is 0 Å². The number of aromatic nitrogens is 1. The molecule has 0 saturated heterocycles. The van der Waals surface area contributed by atoms with Crippen molar-refractivity contribution >= 4 is 22.8 Å². The zero-order chi connectivity index (χ0) is 13.8. The van der Waals surface area contributed by atoms with E-state index < -0.39 is 5.97 Å². The van der Waals surface area contributed by atoms with Gasteiger partial charge in [0, 0.05) is 23.6 Å². The lowest BCUT2D eigenvalue weighted by Gasteiger charge is -2.03. The van der Waals surface area contributed by atoms with Crippen LogP contribution < -0.4 is 5.32 Å². The lowest BCUT2D eigenvalue weighted by molar-refractivity contribution is -0.136. The Morgan fingerprint density at radius 3 is 2.84 bits per heavy atom. The lowest BCUT2D eigenvalue weighted by Crippen LogP contribution is -2.27. The Bertz CT molecular complexity index is 618. The van der Waals surface area contributed by atoms with Crippen LogP contribution in [-0.4, -0.2) is 33.6 Å². The quantitative estimate of drug-likeness (QED) is 0.645.